The van der Waals surface area contributed by atoms with Gasteiger partial charge in [-0.25, -0.2) is 0 Å². The first-order valence-corrected chi connectivity index (χ1v) is 7.76. The van der Waals surface area contributed by atoms with Gasteiger partial charge in [-0.1, -0.05) is 54.6 Å². The van der Waals surface area contributed by atoms with Crippen molar-refractivity contribution in [2.45, 2.75) is 38.0 Å². The second-order valence-electron chi connectivity index (χ2n) is 5.82. The van der Waals surface area contributed by atoms with Gasteiger partial charge in [-0.05, 0) is 43.5 Å². The zero-order valence-electron chi connectivity index (χ0n) is 12.8. The molecule has 3 atom stereocenters. The highest BCUT2D eigenvalue weighted by molar-refractivity contribution is 5.63. The van der Waals surface area contributed by atoms with Crippen LogP contribution in [0.1, 0.15) is 31.4 Å². The molecule has 0 radical (unpaired) electrons. The van der Waals surface area contributed by atoms with Crippen molar-refractivity contribution in [3.63, 3.8) is 0 Å². The maximum Gasteiger partial charge on any atom is 0.0774 e. The van der Waals surface area contributed by atoms with Crippen LogP contribution in [0.3, 0.4) is 0 Å². The molecule has 110 valence electrons. The molecule has 0 spiro atoms. The number of hydrogen-bond donors (Lipinski definition) is 1. The lowest BCUT2D eigenvalue weighted by atomic mass is 9.96. The van der Waals surface area contributed by atoms with Gasteiger partial charge in [0.15, 0.2) is 0 Å². The Morgan fingerprint density at radius 3 is 2.19 bits per heavy atom. The minimum Gasteiger partial charge on any atom is -0.373 e. The minimum absolute atomic E-state index is 0.278. The molecule has 0 aromatic heterocycles. The standard InChI is InChI=1S/C19H23NO/c1-14-8-13-18(21-14)19(20-2)17-11-9-16(10-12-17)15-6-4-3-5-7-15/h3-7,9-12,14,18-20H,8,13H2,1-2H3. The van der Waals surface area contributed by atoms with Gasteiger partial charge < -0.3 is 10.1 Å². The summed E-state index contributed by atoms with van der Waals surface area (Å²) in [6.07, 6.45) is 2.96. The topological polar surface area (TPSA) is 21.3 Å². The Morgan fingerprint density at radius 1 is 0.952 bits per heavy atom. The fourth-order valence-electron chi connectivity index (χ4n) is 3.16. The van der Waals surface area contributed by atoms with Crippen molar-refractivity contribution in [1.29, 1.82) is 0 Å². The lowest BCUT2D eigenvalue weighted by molar-refractivity contribution is 0.0333. The molecular weight excluding hydrogens is 258 g/mol. The maximum absolute atomic E-state index is 6.02. The Morgan fingerprint density at radius 2 is 1.62 bits per heavy atom. The molecule has 1 aliphatic heterocycles. The molecule has 0 bridgehead atoms. The third-order valence-corrected chi connectivity index (χ3v) is 4.32. The van der Waals surface area contributed by atoms with Crippen molar-refractivity contribution in [3.8, 4) is 11.1 Å². The molecule has 3 unspecified atom stereocenters. The molecule has 2 nitrogen and oxygen atoms in total. The predicted molar refractivity (Wildman–Crippen MR) is 87.2 cm³/mol. The average Bonchev–Trinajstić information content (AvgIpc) is 2.96. The molecule has 1 N–H and O–H groups in total. The second-order valence-corrected chi connectivity index (χ2v) is 5.82. The van der Waals surface area contributed by atoms with Gasteiger partial charge in [0.2, 0.25) is 0 Å². The van der Waals surface area contributed by atoms with E-state index in [-0.39, 0.29) is 12.1 Å². The molecule has 0 saturated carbocycles. The molecule has 2 heteroatoms. The number of benzene rings is 2. The van der Waals surface area contributed by atoms with Crippen LogP contribution in [-0.4, -0.2) is 19.3 Å². The van der Waals surface area contributed by atoms with Crippen LogP contribution in [0.25, 0.3) is 11.1 Å². The average molecular weight is 281 g/mol. The molecular formula is C19H23NO. The first kappa shape index (κ1) is 14.3. The minimum atomic E-state index is 0.278. The van der Waals surface area contributed by atoms with Crippen LogP contribution in [-0.2, 0) is 4.74 Å². The van der Waals surface area contributed by atoms with E-state index >= 15 is 0 Å². The van der Waals surface area contributed by atoms with Crippen molar-refractivity contribution in [2.75, 3.05) is 7.05 Å². The molecule has 21 heavy (non-hydrogen) atoms. The van der Waals surface area contributed by atoms with Crippen molar-refractivity contribution >= 4 is 0 Å². The van der Waals surface area contributed by atoms with Crippen molar-refractivity contribution in [1.82, 2.24) is 5.32 Å². The highest BCUT2D eigenvalue weighted by Gasteiger charge is 2.29. The van der Waals surface area contributed by atoms with Crippen LogP contribution >= 0.6 is 0 Å². The van der Waals surface area contributed by atoms with E-state index < -0.39 is 0 Å². The van der Waals surface area contributed by atoms with Crippen molar-refractivity contribution in [3.05, 3.63) is 60.2 Å². The molecule has 1 saturated heterocycles. The normalized spacial score (nSPS) is 23.1. The van der Waals surface area contributed by atoms with Gasteiger partial charge in [-0.15, -0.1) is 0 Å². The summed E-state index contributed by atoms with van der Waals surface area (Å²) in [6.45, 7) is 2.16. The first-order valence-electron chi connectivity index (χ1n) is 7.76. The third-order valence-electron chi connectivity index (χ3n) is 4.32. The van der Waals surface area contributed by atoms with Gasteiger partial charge in [0, 0.05) is 0 Å². The van der Waals surface area contributed by atoms with Crippen LogP contribution in [0, 0.1) is 0 Å². The third kappa shape index (κ3) is 3.17. The molecule has 3 rings (SSSR count). The van der Waals surface area contributed by atoms with Crippen LogP contribution in [0.5, 0.6) is 0 Å². The number of hydrogen-bond acceptors (Lipinski definition) is 2. The van der Waals surface area contributed by atoms with E-state index in [1.807, 2.05) is 13.1 Å². The molecule has 0 aliphatic carbocycles. The molecule has 1 heterocycles. The van der Waals surface area contributed by atoms with Gasteiger partial charge in [-0.2, -0.15) is 0 Å². The molecule has 1 aliphatic rings. The lowest BCUT2D eigenvalue weighted by Gasteiger charge is -2.23. The van der Waals surface area contributed by atoms with Crippen LogP contribution < -0.4 is 5.32 Å². The van der Waals surface area contributed by atoms with E-state index in [1.165, 1.54) is 16.7 Å². The van der Waals surface area contributed by atoms with Gasteiger partial charge in [-0.3, -0.25) is 0 Å². The molecule has 2 aromatic rings. The summed E-state index contributed by atoms with van der Waals surface area (Å²) in [5, 5.41) is 3.42. The fraction of sp³-hybridized carbons (Fsp3) is 0.368. The Balaban J connectivity index is 1.79. The van der Waals surface area contributed by atoms with E-state index in [2.05, 4.69) is 60.8 Å². The number of ether oxygens (including phenoxy) is 1. The Labute approximate surface area is 127 Å². The smallest absolute Gasteiger partial charge is 0.0774 e. The van der Waals surface area contributed by atoms with E-state index in [4.69, 9.17) is 4.74 Å². The Bertz CT molecular complexity index is 564. The quantitative estimate of drug-likeness (QED) is 0.907. The van der Waals surface area contributed by atoms with Gasteiger partial charge in [0.1, 0.15) is 0 Å². The van der Waals surface area contributed by atoms with Crippen molar-refractivity contribution < 1.29 is 4.74 Å². The molecule has 0 amide bonds. The van der Waals surface area contributed by atoms with Gasteiger partial charge in [0.25, 0.3) is 0 Å². The van der Waals surface area contributed by atoms with E-state index in [0.29, 0.717) is 6.10 Å². The SMILES string of the molecule is CNC(c1ccc(-c2ccccc2)cc1)C1CCC(C)O1. The summed E-state index contributed by atoms with van der Waals surface area (Å²) in [4.78, 5) is 0. The van der Waals surface area contributed by atoms with E-state index in [9.17, 15) is 0 Å². The van der Waals surface area contributed by atoms with E-state index in [1.54, 1.807) is 0 Å². The maximum atomic E-state index is 6.02. The number of likely N-dealkylation sites (N-methyl/N-ethyl adjacent to an activating group) is 1. The lowest BCUT2D eigenvalue weighted by Crippen LogP contribution is -2.29. The highest BCUT2D eigenvalue weighted by atomic mass is 16.5. The monoisotopic (exact) mass is 281 g/mol. The van der Waals surface area contributed by atoms with E-state index in [0.717, 1.165) is 12.8 Å². The van der Waals surface area contributed by atoms with Gasteiger partial charge in [0.05, 0.1) is 18.2 Å². The Kier molecular flexibility index (Phi) is 4.37. The zero-order valence-corrected chi connectivity index (χ0v) is 12.8. The highest BCUT2D eigenvalue weighted by Crippen LogP contribution is 2.31. The molecule has 1 fully saturated rings. The summed E-state index contributed by atoms with van der Waals surface area (Å²) in [6, 6.07) is 19.6. The van der Waals surface area contributed by atoms with Gasteiger partial charge >= 0.3 is 0 Å². The molecule has 2 aromatic carbocycles. The van der Waals surface area contributed by atoms with Crippen LogP contribution in [0.15, 0.2) is 54.6 Å². The first-order chi connectivity index (χ1) is 10.3. The van der Waals surface area contributed by atoms with Crippen LogP contribution in [0.4, 0.5) is 0 Å². The summed E-state index contributed by atoms with van der Waals surface area (Å²) < 4.78 is 6.02. The van der Waals surface area contributed by atoms with Crippen LogP contribution in [0.2, 0.25) is 0 Å². The summed E-state index contributed by atoms with van der Waals surface area (Å²) in [5.74, 6) is 0. The zero-order chi connectivity index (χ0) is 14.7. The fourth-order valence-corrected chi connectivity index (χ4v) is 3.16. The summed E-state index contributed by atoms with van der Waals surface area (Å²) in [7, 11) is 2.02. The van der Waals surface area contributed by atoms with Crippen molar-refractivity contribution in [2.24, 2.45) is 0 Å². The summed E-state index contributed by atoms with van der Waals surface area (Å²) in [5.41, 5.74) is 3.82. The Hall–Kier alpha value is -1.64. The number of rotatable bonds is 4. The largest absolute Gasteiger partial charge is 0.373 e. The predicted octanol–water partition coefficient (Wildman–Crippen LogP) is 4.18. The second kappa shape index (κ2) is 6.42. The summed E-state index contributed by atoms with van der Waals surface area (Å²) >= 11 is 0. The number of nitrogens with one attached hydrogen (secondary N) is 1.